The minimum absolute atomic E-state index is 0.156. The molecule has 0 saturated carbocycles. The van der Waals surface area contributed by atoms with Gasteiger partial charge in [0, 0.05) is 26.2 Å². The SMILES string of the molecule is CN(CCO)CCOOCCN(C)CCO. The van der Waals surface area contributed by atoms with E-state index in [9.17, 15) is 0 Å². The van der Waals surface area contributed by atoms with Crippen molar-refractivity contribution < 1.29 is 20.0 Å². The van der Waals surface area contributed by atoms with Gasteiger partial charge in [-0.15, -0.1) is 0 Å². The number of aliphatic hydroxyl groups is 2. The molecule has 0 aliphatic rings. The van der Waals surface area contributed by atoms with Crippen molar-refractivity contribution in [3.8, 4) is 0 Å². The van der Waals surface area contributed by atoms with Gasteiger partial charge in [0.2, 0.25) is 0 Å². The van der Waals surface area contributed by atoms with Gasteiger partial charge in [-0.1, -0.05) is 0 Å². The summed E-state index contributed by atoms with van der Waals surface area (Å²) in [6.45, 7) is 4.03. The van der Waals surface area contributed by atoms with Gasteiger partial charge in [-0.05, 0) is 14.1 Å². The maximum atomic E-state index is 8.65. The smallest absolute Gasteiger partial charge is 0.0949 e. The Morgan fingerprint density at radius 1 is 0.750 bits per heavy atom. The molecule has 0 aromatic carbocycles. The first-order chi connectivity index (χ1) is 7.70. The average molecular weight is 236 g/mol. The molecule has 0 aromatic rings. The maximum absolute atomic E-state index is 8.65. The molecule has 0 aromatic heterocycles. The predicted molar refractivity (Wildman–Crippen MR) is 61.1 cm³/mol. The van der Waals surface area contributed by atoms with E-state index in [0.717, 1.165) is 13.1 Å². The second-order valence-corrected chi connectivity index (χ2v) is 3.70. The molecule has 6 nitrogen and oxygen atoms in total. The highest BCUT2D eigenvalue weighted by molar-refractivity contribution is 4.48. The maximum Gasteiger partial charge on any atom is 0.0949 e. The van der Waals surface area contributed by atoms with E-state index in [1.807, 2.05) is 23.9 Å². The van der Waals surface area contributed by atoms with Crippen LogP contribution in [-0.2, 0) is 9.78 Å². The number of hydrogen-bond donors (Lipinski definition) is 2. The van der Waals surface area contributed by atoms with E-state index in [0.29, 0.717) is 26.3 Å². The second-order valence-electron chi connectivity index (χ2n) is 3.70. The zero-order valence-electron chi connectivity index (χ0n) is 10.3. The normalized spacial score (nSPS) is 11.6. The van der Waals surface area contributed by atoms with Gasteiger partial charge in [-0.2, -0.15) is 0 Å². The summed E-state index contributed by atoms with van der Waals surface area (Å²) in [5.41, 5.74) is 0. The zero-order valence-corrected chi connectivity index (χ0v) is 10.3. The van der Waals surface area contributed by atoms with Crippen molar-refractivity contribution in [3.63, 3.8) is 0 Å². The molecule has 0 aliphatic carbocycles. The highest BCUT2D eigenvalue weighted by atomic mass is 17.2. The van der Waals surface area contributed by atoms with E-state index >= 15 is 0 Å². The van der Waals surface area contributed by atoms with Crippen LogP contribution in [0.3, 0.4) is 0 Å². The lowest BCUT2D eigenvalue weighted by atomic mass is 10.5. The summed E-state index contributed by atoms with van der Waals surface area (Å²) in [7, 11) is 3.82. The molecular weight excluding hydrogens is 212 g/mol. The van der Waals surface area contributed by atoms with Gasteiger partial charge >= 0.3 is 0 Å². The van der Waals surface area contributed by atoms with Crippen molar-refractivity contribution in [1.82, 2.24) is 9.80 Å². The highest BCUT2D eigenvalue weighted by Gasteiger charge is 1.99. The van der Waals surface area contributed by atoms with Gasteiger partial charge in [-0.3, -0.25) is 0 Å². The summed E-state index contributed by atoms with van der Waals surface area (Å²) < 4.78 is 0. The fraction of sp³-hybridized carbons (Fsp3) is 1.00. The monoisotopic (exact) mass is 236 g/mol. The first-order valence-electron chi connectivity index (χ1n) is 5.54. The molecule has 98 valence electrons. The Kier molecular flexibility index (Phi) is 11.1. The fourth-order valence-electron chi connectivity index (χ4n) is 1.07. The molecule has 0 saturated heterocycles. The van der Waals surface area contributed by atoms with Crippen molar-refractivity contribution in [2.75, 3.05) is 66.7 Å². The van der Waals surface area contributed by atoms with E-state index in [4.69, 9.17) is 20.0 Å². The fourth-order valence-corrected chi connectivity index (χ4v) is 1.07. The average Bonchev–Trinajstić information content (AvgIpc) is 2.24. The van der Waals surface area contributed by atoms with Gasteiger partial charge < -0.3 is 20.0 Å². The quantitative estimate of drug-likeness (QED) is 0.266. The van der Waals surface area contributed by atoms with Crippen molar-refractivity contribution in [2.45, 2.75) is 0 Å². The minimum Gasteiger partial charge on any atom is -0.395 e. The Balaban J connectivity index is 3.15. The molecule has 6 heteroatoms. The molecule has 0 bridgehead atoms. The predicted octanol–water partition coefficient (Wildman–Crippen LogP) is -1.22. The molecule has 0 rings (SSSR count). The Morgan fingerprint density at radius 2 is 1.12 bits per heavy atom. The first kappa shape index (κ1) is 15.8. The zero-order chi connectivity index (χ0) is 12.2. The van der Waals surface area contributed by atoms with Gasteiger partial charge in [-0.25, -0.2) is 9.78 Å². The van der Waals surface area contributed by atoms with Crippen LogP contribution in [0, 0.1) is 0 Å². The van der Waals surface area contributed by atoms with Gasteiger partial charge in [0.25, 0.3) is 0 Å². The molecule has 0 radical (unpaired) electrons. The van der Waals surface area contributed by atoms with E-state index in [2.05, 4.69) is 0 Å². The van der Waals surface area contributed by atoms with Crippen LogP contribution in [0.15, 0.2) is 0 Å². The van der Waals surface area contributed by atoms with Crippen molar-refractivity contribution in [3.05, 3.63) is 0 Å². The molecule has 0 spiro atoms. The molecule has 2 N–H and O–H groups in total. The van der Waals surface area contributed by atoms with Gasteiger partial charge in [0.15, 0.2) is 0 Å². The van der Waals surface area contributed by atoms with Crippen LogP contribution < -0.4 is 0 Å². The molecule has 16 heavy (non-hydrogen) atoms. The van der Waals surface area contributed by atoms with Crippen LogP contribution >= 0.6 is 0 Å². The van der Waals surface area contributed by atoms with E-state index in [-0.39, 0.29) is 13.2 Å². The molecule has 0 fully saturated rings. The van der Waals surface area contributed by atoms with E-state index < -0.39 is 0 Å². The number of aliphatic hydroxyl groups excluding tert-OH is 2. The van der Waals surface area contributed by atoms with Gasteiger partial charge in [0.1, 0.15) is 0 Å². The summed E-state index contributed by atoms with van der Waals surface area (Å²) in [6, 6.07) is 0. The van der Waals surface area contributed by atoms with Crippen LogP contribution in [0.1, 0.15) is 0 Å². The molecule has 0 unspecified atom stereocenters. The highest BCUT2D eigenvalue weighted by Crippen LogP contribution is 1.86. The molecule has 0 atom stereocenters. The number of rotatable bonds is 11. The van der Waals surface area contributed by atoms with Crippen molar-refractivity contribution >= 4 is 0 Å². The summed E-state index contributed by atoms with van der Waals surface area (Å²) in [5, 5.41) is 17.3. The van der Waals surface area contributed by atoms with Gasteiger partial charge in [0.05, 0.1) is 26.4 Å². The Bertz CT molecular complexity index is 133. The largest absolute Gasteiger partial charge is 0.395 e. The molecule has 0 amide bonds. The standard InChI is InChI=1S/C10H24N2O4/c1-11(3-7-13)5-9-15-16-10-6-12(2)4-8-14/h13-14H,3-10H2,1-2H3. The van der Waals surface area contributed by atoms with Crippen LogP contribution in [0.25, 0.3) is 0 Å². The molecule has 0 aliphatic heterocycles. The summed E-state index contributed by atoms with van der Waals surface area (Å²) in [5.74, 6) is 0. The lowest BCUT2D eigenvalue weighted by molar-refractivity contribution is -0.296. The van der Waals surface area contributed by atoms with Crippen LogP contribution in [0.5, 0.6) is 0 Å². The third kappa shape index (κ3) is 10.3. The third-order valence-electron chi connectivity index (χ3n) is 2.16. The minimum atomic E-state index is 0.156. The number of hydrogen-bond acceptors (Lipinski definition) is 6. The Morgan fingerprint density at radius 3 is 1.44 bits per heavy atom. The summed E-state index contributed by atoms with van der Waals surface area (Å²) in [4.78, 5) is 13.9. The Hall–Kier alpha value is -0.240. The summed E-state index contributed by atoms with van der Waals surface area (Å²) in [6.07, 6.45) is 0. The molecular formula is C10H24N2O4. The van der Waals surface area contributed by atoms with Crippen LogP contribution in [-0.4, -0.2) is 86.7 Å². The van der Waals surface area contributed by atoms with E-state index in [1.54, 1.807) is 0 Å². The first-order valence-corrected chi connectivity index (χ1v) is 5.54. The lowest BCUT2D eigenvalue weighted by Gasteiger charge is -2.16. The second kappa shape index (κ2) is 11.3. The molecule has 0 heterocycles. The van der Waals surface area contributed by atoms with Crippen LogP contribution in [0.2, 0.25) is 0 Å². The van der Waals surface area contributed by atoms with Crippen molar-refractivity contribution in [2.24, 2.45) is 0 Å². The topological polar surface area (TPSA) is 65.4 Å². The van der Waals surface area contributed by atoms with Crippen molar-refractivity contribution in [1.29, 1.82) is 0 Å². The number of likely N-dealkylation sites (N-methyl/N-ethyl adjacent to an activating group) is 2. The summed E-state index contributed by atoms with van der Waals surface area (Å²) >= 11 is 0. The lowest BCUT2D eigenvalue weighted by Crippen LogP contribution is -2.28. The Labute approximate surface area is 97.3 Å². The van der Waals surface area contributed by atoms with Crippen LogP contribution in [0.4, 0.5) is 0 Å². The third-order valence-corrected chi connectivity index (χ3v) is 2.16. The van der Waals surface area contributed by atoms with E-state index in [1.165, 1.54) is 0 Å². The number of nitrogens with zero attached hydrogens (tertiary/aromatic N) is 2.